The molecule has 0 aliphatic rings. The second-order valence-corrected chi connectivity index (χ2v) is 4.50. The van der Waals surface area contributed by atoms with Crippen molar-refractivity contribution in [3.8, 4) is 11.1 Å². The Morgan fingerprint density at radius 2 is 2.00 bits per heavy atom. The molecule has 0 spiro atoms. The van der Waals surface area contributed by atoms with Gasteiger partial charge in [0.05, 0.1) is 4.92 Å². The first kappa shape index (κ1) is 13.2. The molecule has 0 amide bonds. The molecule has 0 bridgehead atoms. The van der Waals surface area contributed by atoms with E-state index in [2.05, 4.69) is 0 Å². The van der Waals surface area contributed by atoms with Gasteiger partial charge in [0, 0.05) is 12.1 Å². The molecule has 4 nitrogen and oxygen atoms in total. The summed E-state index contributed by atoms with van der Waals surface area (Å²) in [7, 11) is 0. The summed E-state index contributed by atoms with van der Waals surface area (Å²) in [5.74, 6) is 0. The summed E-state index contributed by atoms with van der Waals surface area (Å²) >= 11 is 0. The molecule has 0 unspecified atom stereocenters. The number of aryl methyl sites for hydroxylation is 1. The van der Waals surface area contributed by atoms with Gasteiger partial charge in [0.15, 0.2) is 0 Å². The minimum absolute atomic E-state index is 0.116. The minimum atomic E-state index is -0.368. The second kappa shape index (κ2) is 5.63. The number of nitrogens with zero attached hydrogens (tertiary/aromatic N) is 1. The first-order valence-corrected chi connectivity index (χ1v) is 6.16. The molecule has 0 fully saturated rings. The fraction of sp³-hybridized carbons (Fsp3) is 0.200. The minimum Gasteiger partial charge on any atom is -0.330 e. The zero-order valence-corrected chi connectivity index (χ0v) is 10.8. The lowest BCUT2D eigenvalue weighted by atomic mass is 9.97. The molecule has 2 N–H and O–H groups in total. The SMILES string of the molecule is Cc1ccc([N+](=O)[O-])cc1-c1cccc(CCN)c1. The standard InChI is InChI=1S/C15H16N2O2/c1-11-5-6-14(17(18)19)10-15(11)13-4-2-3-12(9-13)7-8-16/h2-6,9-10H,7-8,16H2,1H3. The lowest BCUT2D eigenvalue weighted by Crippen LogP contribution is -2.02. The highest BCUT2D eigenvalue weighted by molar-refractivity contribution is 5.70. The van der Waals surface area contributed by atoms with E-state index < -0.39 is 0 Å². The Morgan fingerprint density at radius 3 is 2.68 bits per heavy atom. The van der Waals surface area contributed by atoms with Gasteiger partial charge in [-0.2, -0.15) is 0 Å². The van der Waals surface area contributed by atoms with Crippen molar-refractivity contribution >= 4 is 5.69 Å². The highest BCUT2D eigenvalue weighted by atomic mass is 16.6. The van der Waals surface area contributed by atoms with Crippen LogP contribution in [-0.4, -0.2) is 11.5 Å². The molecule has 0 aliphatic heterocycles. The van der Waals surface area contributed by atoms with E-state index in [9.17, 15) is 10.1 Å². The van der Waals surface area contributed by atoms with Crippen molar-refractivity contribution in [3.05, 3.63) is 63.7 Å². The summed E-state index contributed by atoms with van der Waals surface area (Å²) in [6, 6.07) is 12.9. The number of benzene rings is 2. The fourth-order valence-electron chi connectivity index (χ4n) is 2.10. The maximum absolute atomic E-state index is 10.9. The van der Waals surface area contributed by atoms with Gasteiger partial charge in [0.1, 0.15) is 0 Å². The predicted molar refractivity (Wildman–Crippen MR) is 76.0 cm³/mol. The molecule has 2 rings (SSSR count). The van der Waals surface area contributed by atoms with E-state index in [1.54, 1.807) is 12.1 Å². The Kier molecular flexibility index (Phi) is 3.92. The zero-order valence-electron chi connectivity index (χ0n) is 10.8. The van der Waals surface area contributed by atoms with Crippen LogP contribution in [0.4, 0.5) is 5.69 Å². The summed E-state index contributed by atoms with van der Waals surface area (Å²) in [4.78, 5) is 10.5. The van der Waals surface area contributed by atoms with Gasteiger partial charge < -0.3 is 5.73 Å². The number of rotatable bonds is 4. The van der Waals surface area contributed by atoms with Crippen LogP contribution in [0.3, 0.4) is 0 Å². The first-order valence-electron chi connectivity index (χ1n) is 6.16. The number of nitrogens with two attached hydrogens (primary N) is 1. The van der Waals surface area contributed by atoms with Crippen molar-refractivity contribution in [3.63, 3.8) is 0 Å². The van der Waals surface area contributed by atoms with E-state index in [1.165, 1.54) is 6.07 Å². The number of hydrogen-bond donors (Lipinski definition) is 1. The largest absolute Gasteiger partial charge is 0.330 e. The Hall–Kier alpha value is -2.20. The van der Waals surface area contributed by atoms with Gasteiger partial charge in [-0.05, 0) is 42.1 Å². The van der Waals surface area contributed by atoms with Gasteiger partial charge >= 0.3 is 0 Å². The third-order valence-electron chi connectivity index (χ3n) is 3.10. The maximum Gasteiger partial charge on any atom is 0.270 e. The van der Waals surface area contributed by atoms with E-state index in [4.69, 9.17) is 5.73 Å². The van der Waals surface area contributed by atoms with Crippen molar-refractivity contribution in [2.45, 2.75) is 13.3 Å². The molecule has 0 saturated heterocycles. The molecular formula is C15H16N2O2. The van der Waals surface area contributed by atoms with Crippen molar-refractivity contribution in [1.29, 1.82) is 0 Å². The number of nitro groups is 1. The van der Waals surface area contributed by atoms with E-state index in [0.29, 0.717) is 6.54 Å². The monoisotopic (exact) mass is 256 g/mol. The lowest BCUT2D eigenvalue weighted by Gasteiger charge is -2.08. The second-order valence-electron chi connectivity index (χ2n) is 4.50. The first-order chi connectivity index (χ1) is 9.11. The molecule has 2 aromatic carbocycles. The van der Waals surface area contributed by atoms with Crippen LogP contribution in [0.2, 0.25) is 0 Å². The average Bonchev–Trinajstić information content (AvgIpc) is 2.39. The predicted octanol–water partition coefficient (Wildman–Crippen LogP) is 3.07. The normalized spacial score (nSPS) is 10.4. The van der Waals surface area contributed by atoms with Crippen LogP contribution in [0.1, 0.15) is 11.1 Å². The van der Waals surface area contributed by atoms with Gasteiger partial charge in [0.2, 0.25) is 0 Å². The summed E-state index contributed by atoms with van der Waals surface area (Å²) < 4.78 is 0. The molecule has 0 aromatic heterocycles. The molecule has 0 heterocycles. The van der Waals surface area contributed by atoms with Crippen molar-refractivity contribution in [2.75, 3.05) is 6.54 Å². The van der Waals surface area contributed by atoms with Crippen molar-refractivity contribution < 1.29 is 4.92 Å². The fourth-order valence-corrected chi connectivity index (χ4v) is 2.10. The average molecular weight is 256 g/mol. The van der Waals surface area contributed by atoms with Crippen LogP contribution in [0.5, 0.6) is 0 Å². The molecule has 4 heteroatoms. The number of hydrogen-bond acceptors (Lipinski definition) is 3. The van der Waals surface area contributed by atoms with Crippen LogP contribution in [0, 0.1) is 17.0 Å². The number of non-ortho nitro benzene ring substituents is 1. The van der Waals surface area contributed by atoms with E-state index in [1.807, 2.05) is 31.2 Å². The summed E-state index contributed by atoms with van der Waals surface area (Å²) in [6.45, 7) is 2.55. The van der Waals surface area contributed by atoms with E-state index in [-0.39, 0.29) is 10.6 Å². The van der Waals surface area contributed by atoms with Gasteiger partial charge in [-0.15, -0.1) is 0 Å². The van der Waals surface area contributed by atoms with Crippen molar-refractivity contribution in [2.24, 2.45) is 5.73 Å². The summed E-state index contributed by atoms with van der Waals surface area (Å²) in [5, 5.41) is 10.9. The van der Waals surface area contributed by atoms with E-state index >= 15 is 0 Å². The zero-order chi connectivity index (χ0) is 13.8. The topological polar surface area (TPSA) is 69.2 Å². The quantitative estimate of drug-likeness (QED) is 0.675. The van der Waals surface area contributed by atoms with E-state index in [0.717, 1.165) is 28.7 Å². The Morgan fingerprint density at radius 1 is 1.21 bits per heavy atom. The Labute approximate surface area is 112 Å². The van der Waals surface area contributed by atoms with Gasteiger partial charge in [-0.25, -0.2) is 0 Å². The summed E-state index contributed by atoms with van der Waals surface area (Å²) in [5.41, 5.74) is 9.73. The van der Waals surface area contributed by atoms with Gasteiger partial charge in [0.25, 0.3) is 5.69 Å². The van der Waals surface area contributed by atoms with Crippen LogP contribution < -0.4 is 5.73 Å². The van der Waals surface area contributed by atoms with Crippen LogP contribution in [0.25, 0.3) is 11.1 Å². The van der Waals surface area contributed by atoms with Crippen LogP contribution in [0.15, 0.2) is 42.5 Å². The number of nitro benzene ring substituents is 1. The Balaban J connectivity index is 2.48. The smallest absolute Gasteiger partial charge is 0.270 e. The molecule has 0 radical (unpaired) electrons. The molecule has 2 aromatic rings. The molecular weight excluding hydrogens is 240 g/mol. The molecule has 98 valence electrons. The van der Waals surface area contributed by atoms with Gasteiger partial charge in [-0.1, -0.05) is 30.3 Å². The highest BCUT2D eigenvalue weighted by Gasteiger charge is 2.10. The molecule has 19 heavy (non-hydrogen) atoms. The highest BCUT2D eigenvalue weighted by Crippen LogP contribution is 2.28. The Bertz CT molecular complexity index is 609. The molecule has 0 aliphatic carbocycles. The molecule has 0 saturated carbocycles. The van der Waals surface area contributed by atoms with Crippen molar-refractivity contribution in [1.82, 2.24) is 0 Å². The van der Waals surface area contributed by atoms with Crippen LogP contribution in [-0.2, 0) is 6.42 Å². The van der Waals surface area contributed by atoms with Crippen LogP contribution >= 0.6 is 0 Å². The third-order valence-corrected chi connectivity index (χ3v) is 3.10. The lowest BCUT2D eigenvalue weighted by molar-refractivity contribution is -0.384. The molecule has 0 atom stereocenters. The maximum atomic E-state index is 10.9. The summed E-state index contributed by atoms with van der Waals surface area (Å²) in [6.07, 6.45) is 0.807. The third kappa shape index (κ3) is 2.98. The van der Waals surface area contributed by atoms with Gasteiger partial charge in [-0.3, -0.25) is 10.1 Å².